The molecule has 9 heteroatoms. The third-order valence-electron chi connectivity index (χ3n) is 2.33. The van der Waals surface area contributed by atoms with Crippen LogP contribution in [0.25, 0.3) is 0 Å². The van der Waals surface area contributed by atoms with Gasteiger partial charge in [0.2, 0.25) is 15.2 Å². The van der Waals surface area contributed by atoms with Crippen LogP contribution < -0.4 is 4.72 Å². The van der Waals surface area contributed by atoms with E-state index in [1.165, 1.54) is 24.3 Å². The van der Waals surface area contributed by atoms with Gasteiger partial charge in [0.05, 0.1) is 11.3 Å². The first-order chi connectivity index (χ1) is 9.35. The molecule has 0 fully saturated rings. The summed E-state index contributed by atoms with van der Waals surface area (Å²) in [6.45, 7) is 1.72. The monoisotopic (exact) mass is 313 g/mol. The number of rotatable bonds is 5. The maximum atomic E-state index is 11.9. The Hall–Kier alpha value is -2.00. The Bertz CT molecular complexity index is 722. The Kier molecular flexibility index (Phi) is 4.00. The second-order valence-electron chi connectivity index (χ2n) is 3.99. The summed E-state index contributed by atoms with van der Waals surface area (Å²) in [6.07, 6.45) is 0. The van der Waals surface area contributed by atoms with Crippen molar-refractivity contribution in [2.45, 2.75) is 12.7 Å². The summed E-state index contributed by atoms with van der Waals surface area (Å²) in [5.74, 6) is -1.31. The van der Waals surface area contributed by atoms with Crippen LogP contribution in [0.5, 0.6) is 0 Å². The fourth-order valence-electron chi connectivity index (χ4n) is 1.47. The zero-order valence-electron chi connectivity index (χ0n) is 10.4. The van der Waals surface area contributed by atoms with E-state index in [0.717, 1.165) is 11.3 Å². The molecule has 2 aromatic rings. The summed E-state index contributed by atoms with van der Waals surface area (Å²) >= 11 is 1.14. The predicted octanol–water partition coefficient (Wildman–Crippen LogP) is 1.49. The van der Waals surface area contributed by atoms with E-state index in [9.17, 15) is 13.2 Å². The van der Waals surface area contributed by atoms with Gasteiger partial charge in [-0.3, -0.25) is 4.72 Å². The van der Waals surface area contributed by atoms with Crippen molar-refractivity contribution in [3.05, 3.63) is 40.4 Å². The predicted molar refractivity (Wildman–Crippen MR) is 74.3 cm³/mol. The van der Waals surface area contributed by atoms with Crippen molar-refractivity contribution in [3.63, 3.8) is 0 Å². The minimum Gasteiger partial charge on any atom is -0.478 e. The Balaban J connectivity index is 2.09. The van der Waals surface area contributed by atoms with Gasteiger partial charge in [0.1, 0.15) is 5.01 Å². The summed E-state index contributed by atoms with van der Waals surface area (Å²) in [7, 11) is -3.60. The molecule has 0 aliphatic carbocycles. The van der Waals surface area contributed by atoms with Crippen molar-refractivity contribution in [1.82, 2.24) is 10.2 Å². The first kappa shape index (κ1) is 14.4. The highest BCUT2D eigenvalue weighted by Gasteiger charge is 2.14. The maximum Gasteiger partial charge on any atom is 0.335 e. The molecular weight excluding hydrogens is 302 g/mol. The number of sulfonamides is 1. The number of aromatic nitrogens is 2. The summed E-state index contributed by atoms with van der Waals surface area (Å²) in [5.41, 5.74) is 0.600. The molecule has 106 valence electrons. The number of carbonyl (C=O) groups is 1. The van der Waals surface area contributed by atoms with Gasteiger partial charge in [-0.15, -0.1) is 10.2 Å². The second kappa shape index (κ2) is 5.55. The van der Waals surface area contributed by atoms with E-state index in [1.807, 2.05) is 0 Å². The zero-order chi connectivity index (χ0) is 14.8. The summed E-state index contributed by atoms with van der Waals surface area (Å²) < 4.78 is 26.1. The van der Waals surface area contributed by atoms with Gasteiger partial charge < -0.3 is 5.11 Å². The van der Waals surface area contributed by atoms with Gasteiger partial charge in [0.25, 0.3) is 0 Å². The van der Waals surface area contributed by atoms with Crippen LogP contribution in [0.15, 0.2) is 24.3 Å². The first-order valence-corrected chi connectivity index (χ1v) is 7.95. The van der Waals surface area contributed by atoms with E-state index in [2.05, 4.69) is 14.9 Å². The molecule has 0 unspecified atom stereocenters. The fraction of sp³-hybridized carbons (Fsp3) is 0.182. The SMILES string of the molecule is Cc1nnc(NS(=O)(=O)Cc2ccc(C(=O)O)cc2)s1. The van der Waals surface area contributed by atoms with Crippen LogP contribution in [0.2, 0.25) is 0 Å². The van der Waals surface area contributed by atoms with Gasteiger partial charge in [-0.2, -0.15) is 0 Å². The number of nitrogens with one attached hydrogen (secondary N) is 1. The first-order valence-electron chi connectivity index (χ1n) is 5.48. The summed E-state index contributed by atoms with van der Waals surface area (Å²) in [4.78, 5) is 10.7. The topological polar surface area (TPSA) is 109 Å². The van der Waals surface area contributed by atoms with Crippen LogP contribution in [0, 0.1) is 6.92 Å². The van der Waals surface area contributed by atoms with Gasteiger partial charge in [-0.1, -0.05) is 23.5 Å². The number of nitrogens with zero attached hydrogens (tertiary/aromatic N) is 2. The van der Waals surface area contributed by atoms with Gasteiger partial charge in [0.15, 0.2) is 0 Å². The van der Waals surface area contributed by atoms with Gasteiger partial charge in [-0.05, 0) is 24.6 Å². The number of benzene rings is 1. The Morgan fingerprint density at radius 2 is 1.95 bits per heavy atom. The molecule has 0 aliphatic rings. The molecule has 1 aromatic heterocycles. The Morgan fingerprint density at radius 1 is 1.30 bits per heavy atom. The number of hydrogen-bond acceptors (Lipinski definition) is 6. The molecule has 0 radical (unpaired) electrons. The smallest absolute Gasteiger partial charge is 0.335 e. The van der Waals surface area contributed by atoms with Gasteiger partial charge >= 0.3 is 5.97 Å². The molecule has 0 amide bonds. The number of carboxylic acid groups (broad SMARTS) is 1. The number of aromatic carboxylic acids is 1. The van der Waals surface area contributed by atoms with E-state index in [1.54, 1.807) is 6.92 Å². The van der Waals surface area contributed by atoms with Gasteiger partial charge in [0, 0.05) is 0 Å². The highest BCUT2D eigenvalue weighted by Crippen LogP contribution is 2.17. The molecule has 2 rings (SSSR count). The number of hydrogen-bond donors (Lipinski definition) is 2. The van der Waals surface area contributed by atoms with Gasteiger partial charge in [-0.25, -0.2) is 13.2 Å². The van der Waals surface area contributed by atoms with Crippen molar-refractivity contribution in [3.8, 4) is 0 Å². The molecule has 1 aromatic carbocycles. The molecule has 20 heavy (non-hydrogen) atoms. The average Bonchev–Trinajstić information content (AvgIpc) is 2.73. The lowest BCUT2D eigenvalue weighted by Gasteiger charge is -2.05. The minimum absolute atomic E-state index is 0.110. The normalized spacial score (nSPS) is 11.2. The van der Waals surface area contributed by atoms with Crippen LogP contribution in [0.4, 0.5) is 5.13 Å². The van der Waals surface area contributed by atoms with E-state index >= 15 is 0 Å². The van der Waals surface area contributed by atoms with Crippen LogP contribution in [-0.4, -0.2) is 29.7 Å². The second-order valence-corrected chi connectivity index (χ2v) is 6.89. The van der Waals surface area contributed by atoms with Crippen LogP contribution in [-0.2, 0) is 15.8 Å². The maximum absolute atomic E-state index is 11.9. The van der Waals surface area contributed by atoms with E-state index in [4.69, 9.17) is 5.11 Å². The fourth-order valence-corrected chi connectivity index (χ4v) is 3.47. The zero-order valence-corrected chi connectivity index (χ0v) is 12.0. The van der Waals surface area contributed by atoms with Crippen LogP contribution in [0.3, 0.4) is 0 Å². The van der Waals surface area contributed by atoms with E-state index in [0.29, 0.717) is 10.6 Å². The largest absolute Gasteiger partial charge is 0.478 e. The lowest BCUT2D eigenvalue weighted by Crippen LogP contribution is -2.15. The third kappa shape index (κ3) is 3.75. The standard InChI is InChI=1S/C11H11N3O4S2/c1-7-12-13-11(19-7)14-20(17,18)6-8-2-4-9(5-3-8)10(15)16/h2-5H,6H2,1H3,(H,13,14)(H,15,16). The highest BCUT2D eigenvalue weighted by atomic mass is 32.2. The average molecular weight is 313 g/mol. The molecule has 0 bridgehead atoms. The van der Waals surface area contributed by atoms with Crippen LogP contribution >= 0.6 is 11.3 Å². The lowest BCUT2D eigenvalue weighted by molar-refractivity contribution is 0.0697. The van der Waals surface area contributed by atoms with Crippen molar-refractivity contribution < 1.29 is 18.3 Å². The summed E-state index contributed by atoms with van der Waals surface area (Å²) in [6, 6.07) is 5.66. The lowest BCUT2D eigenvalue weighted by atomic mass is 10.1. The molecule has 0 atom stereocenters. The molecule has 7 nitrogen and oxygen atoms in total. The molecule has 2 N–H and O–H groups in total. The number of aryl methyl sites for hydroxylation is 1. The molecule has 0 saturated carbocycles. The summed E-state index contributed by atoms with van der Waals surface area (Å²) in [5, 5.41) is 17.0. The molecule has 0 aliphatic heterocycles. The Morgan fingerprint density at radius 3 is 2.45 bits per heavy atom. The molecule has 0 spiro atoms. The highest BCUT2D eigenvalue weighted by molar-refractivity contribution is 7.92. The Labute approximate surface area is 119 Å². The third-order valence-corrected chi connectivity index (χ3v) is 4.43. The molecule has 0 saturated heterocycles. The number of anilines is 1. The minimum atomic E-state index is -3.60. The van der Waals surface area contributed by atoms with Crippen molar-refractivity contribution in [1.29, 1.82) is 0 Å². The van der Waals surface area contributed by atoms with E-state index < -0.39 is 16.0 Å². The van der Waals surface area contributed by atoms with Crippen molar-refractivity contribution >= 4 is 32.5 Å². The van der Waals surface area contributed by atoms with E-state index in [-0.39, 0.29) is 16.4 Å². The van der Waals surface area contributed by atoms with Crippen molar-refractivity contribution in [2.75, 3.05) is 4.72 Å². The quantitative estimate of drug-likeness (QED) is 0.865. The molecular formula is C11H11N3O4S2. The van der Waals surface area contributed by atoms with Crippen molar-refractivity contribution in [2.24, 2.45) is 0 Å². The van der Waals surface area contributed by atoms with Crippen LogP contribution in [0.1, 0.15) is 20.9 Å². The molecule has 1 heterocycles. The number of carboxylic acids is 1.